The molecule has 0 radical (unpaired) electrons. The van der Waals surface area contributed by atoms with Crippen LogP contribution < -0.4 is 21.3 Å². The summed E-state index contributed by atoms with van der Waals surface area (Å²) in [6, 6.07) is 7.57. The van der Waals surface area contributed by atoms with Gasteiger partial charge < -0.3 is 4.74 Å². The number of nitrogens with two attached hydrogens (primary N) is 2. The van der Waals surface area contributed by atoms with Gasteiger partial charge in [0.05, 0.1) is 12.8 Å². The van der Waals surface area contributed by atoms with Gasteiger partial charge in [0.1, 0.15) is 5.75 Å². The van der Waals surface area contributed by atoms with Crippen LogP contribution in [0.15, 0.2) is 29.4 Å². The third-order valence-electron chi connectivity index (χ3n) is 1.84. The fourth-order valence-electron chi connectivity index (χ4n) is 1.06. The van der Waals surface area contributed by atoms with Crippen LogP contribution in [0.25, 0.3) is 0 Å². The van der Waals surface area contributed by atoms with Gasteiger partial charge in [-0.2, -0.15) is 5.10 Å². The van der Waals surface area contributed by atoms with Gasteiger partial charge in [-0.3, -0.25) is 11.5 Å². The summed E-state index contributed by atoms with van der Waals surface area (Å²) in [6.07, 6.45) is 0. The second-order valence-electron chi connectivity index (χ2n) is 3.00. The third kappa shape index (κ3) is 3.30. The maximum atomic E-state index is 5.23. The fraction of sp³-hybridized carbons (Fsp3) is 0.200. The molecule has 0 saturated heterocycles. The van der Waals surface area contributed by atoms with Gasteiger partial charge in [-0.25, -0.2) is 0 Å². The number of guanidine groups is 1. The molecule has 0 fully saturated rings. The van der Waals surface area contributed by atoms with Crippen molar-refractivity contribution >= 4 is 11.7 Å². The van der Waals surface area contributed by atoms with E-state index in [-0.39, 0.29) is 5.96 Å². The second-order valence-corrected chi connectivity index (χ2v) is 3.00. The molecule has 1 rings (SSSR count). The van der Waals surface area contributed by atoms with Gasteiger partial charge in [0.25, 0.3) is 0 Å². The van der Waals surface area contributed by atoms with E-state index in [2.05, 4.69) is 10.2 Å². The first-order valence-electron chi connectivity index (χ1n) is 4.46. The van der Waals surface area contributed by atoms with E-state index in [9.17, 15) is 0 Å². The summed E-state index contributed by atoms with van der Waals surface area (Å²) in [4.78, 5) is 0. The van der Waals surface area contributed by atoms with E-state index in [0.717, 1.165) is 17.0 Å². The number of benzene rings is 1. The Balaban J connectivity index is 2.95. The predicted molar refractivity (Wildman–Crippen MR) is 59.5 cm³/mol. The minimum absolute atomic E-state index is 0.0669. The van der Waals surface area contributed by atoms with Crippen molar-refractivity contribution in [3.63, 3.8) is 0 Å². The Morgan fingerprint density at radius 2 is 2.13 bits per heavy atom. The summed E-state index contributed by atoms with van der Waals surface area (Å²) in [7, 11) is 1.62. The van der Waals surface area contributed by atoms with Crippen LogP contribution in [-0.4, -0.2) is 18.8 Å². The van der Waals surface area contributed by atoms with E-state index in [1.54, 1.807) is 7.11 Å². The molecule has 0 spiro atoms. The Morgan fingerprint density at radius 3 is 2.73 bits per heavy atom. The van der Waals surface area contributed by atoms with E-state index >= 15 is 0 Å². The highest BCUT2D eigenvalue weighted by Gasteiger charge is 1.99. The first kappa shape index (κ1) is 11.0. The highest BCUT2D eigenvalue weighted by molar-refractivity contribution is 5.98. The maximum Gasteiger partial charge on any atom is 0.362 e. The molecule has 5 N–H and O–H groups in total. The molecule has 0 aromatic heterocycles. The lowest BCUT2D eigenvalue weighted by atomic mass is 10.1. The molecule has 0 heterocycles. The summed E-state index contributed by atoms with van der Waals surface area (Å²) in [5.74, 6) is 0.851. The molecular weight excluding hydrogens is 192 g/mol. The van der Waals surface area contributed by atoms with Crippen LogP contribution in [0.2, 0.25) is 0 Å². The monoisotopic (exact) mass is 207 g/mol. The number of hydrogen-bond donors (Lipinski definition) is 3. The zero-order chi connectivity index (χ0) is 11.3. The van der Waals surface area contributed by atoms with Crippen LogP contribution in [0.5, 0.6) is 5.75 Å². The highest BCUT2D eigenvalue weighted by atomic mass is 16.5. The van der Waals surface area contributed by atoms with Gasteiger partial charge >= 0.3 is 5.96 Å². The maximum absolute atomic E-state index is 5.23. The summed E-state index contributed by atoms with van der Waals surface area (Å²) >= 11 is 0. The molecule has 80 valence electrons. The van der Waals surface area contributed by atoms with Crippen LogP contribution in [-0.2, 0) is 0 Å². The Morgan fingerprint density at radius 1 is 1.40 bits per heavy atom. The first-order chi connectivity index (χ1) is 7.13. The van der Waals surface area contributed by atoms with Crippen molar-refractivity contribution in [2.24, 2.45) is 16.6 Å². The molecule has 0 aliphatic carbocycles. The van der Waals surface area contributed by atoms with Crippen molar-refractivity contribution in [3.05, 3.63) is 29.8 Å². The van der Waals surface area contributed by atoms with E-state index in [0.29, 0.717) is 0 Å². The van der Waals surface area contributed by atoms with Crippen molar-refractivity contribution in [3.8, 4) is 5.75 Å². The number of nitrogens with one attached hydrogen (secondary N) is 1. The Labute approximate surface area is 88.4 Å². The molecular formula is C10H15N4O+. The minimum Gasteiger partial charge on any atom is -0.497 e. The Bertz CT molecular complexity index is 394. The number of rotatable bonds is 3. The summed E-state index contributed by atoms with van der Waals surface area (Å²) in [5.41, 5.74) is 12.2. The number of hydrazone groups is 1. The molecule has 0 amide bonds. The van der Waals surface area contributed by atoms with E-state index < -0.39 is 0 Å². The summed E-state index contributed by atoms with van der Waals surface area (Å²) in [5, 5.41) is 6.49. The van der Waals surface area contributed by atoms with Crippen molar-refractivity contribution in [1.82, 2.24) is 0 Å². The number of methoxy groups -OCH3 is 1. The molecule has 0 atom stereocenters. The zero-order valence-corrected chi connectivity index (χ0v) is 8.82. The predicted octanol–water partition coefficient (Wildman–Crippen LogP) is -1.23. The third-order valence-corrected chi connectivity index (χ3v) is 1.84. The van der Waals surface area contributed by atoms with Crippen LogP contribution in [0, 0.1) is 0 Å². The van der Waals surface area contributed by atoms with E-state index in [4.69, 9.17) is 16.2 Å². The zero-order valence-electron chi connectivity index (χ0n) is 8.82. The molecule has 5 heteroatoms. The quantitative estimate of drug-likeness (QED) is 0.329. The van der Waals surface area contributed by atoms with Crippen molar-refractivity contribution < 1.29 is 9.84 Å². The van der Waals surface area contributed by atoms with Crippen molar-refractivity contribution in [2.75, 3.05) is 7.11 Å². The standard InChI is InChI=1S/C10H14N4O/c1-7(13-14-10(11)12)8-4-3-5-9(6-8)15-2/h3-6H,1-2H3,(H4,11,12,14)/p+1/b13-7-. The fourth-order valence-corrected chi connectivity index (χ4v) is 1.06. The minimum atomic E-state index is 0.0669. The lowest BCUT2D eigenvalue weighted by Gasteiger charge is -2.02. The number of ether oxygens (including phenoxy) is 1. The average Bonchev–Trinajstić information content (AvgIpc) is 2.26. The molecule has 0 aliphatic rings. The summed E-state index contributed by atoms with van der Waals surface area (Å²) in [6.45, 7) is 1.85. The van der Waals surface area contributed by atoms with Gasteiger partial charge in [-0.05, 0) is 19.1 Å². The van der Waals surface area contributed by atoms with Gasteiger partial charge in [-0.1, -0.05) is 12.1 Å². The Hall–Kier alpha value is -2.04. The topological polar surface area (TPSA) is 87.6 Å². The highest BCUT2D eigenvalue weighted by Crippen LogP contribution is 2.12. The molecule has 0 bridgehead atoms. The van der Waals surface area contributed by atoms with Crippen LogP contribution in [0.3, 0.4) is 0 Å². The van der Waals surface area contributed by atoms with Crippen molar-refractivity contribution in [2.45, 2.75) is 6.92 Å². The smallest absolute Gasteiger partial charge is 0.362 e. The largest absolute Gasteiger partial charge is 0.497 e. The van der Waals surface area contributed by atoms with Crippen molar-refractivity contribution in [1.29, 1.82) is 0 Å². The number of hydrogen-bond acceptors (Lipinski definition) is 2. The first-order valence-corrected chi connectivity index (χ1v) is 4.46. The lowest BCUT2D eigenvalue weighted by Crippen LogP contribution is -2.72. The van der Waals surface area contributed by atoms with E-state index in [1.165, 1.54) is 0 Å². The number of nitrogens with zero attached hydrogens (tertiary/aromatic N) is 1. The lowest BCUT2D eigenvalue weighted by molar-refractivity contribution is -0.464. The second kappa shape index (κ2) is 4.99. The van der Waals surface area contributed by atoms with Gasteiger partial charge in [0.15, 0.2) is 0 Å². The molecule has 15 heavy (non-hydrogen) atoms. The van der Waals surface area contributed by atoms with Gasteiger partial charge in [-0.15, -0.1) is 5.10 Å². The van der Waals surface area contributed by atoms with Crippen LogP contribution in [0.4, 0.5) is 0 Å². The van der Waals surface area contributed by atoms with E-state index in [1.807, 2.05) is 31.2 Å². The van der Waals surface area contributed by atoms with Gasteiger partial charge in [0, 0.05) is 5.56 Å². The molecule has 0 unspecified atom stereocenters. The van der Waals surface area contributed by atoms with Crippen LogP contribution >= 0.6 is 0 Å². The van der Waals surface area contributed by atoms with Gasteiger partial charge in [0.2, 0.25) is 0 Å². The SMILES string of the molecule is COc1cccc(/C(C)=N\[NH+]=C(N)N)c1. The molecule has 1 aromatic rings. The Kier molecular flexibility index (Phi) is 3.68. The average molecular weight is 207 g/mol. The summed E-state index contributed by atoms with van der Waals surface area (Å²) < 4.78 is 5.10. The molecule has 1 aromatic carbocycles. The molecule has 5 nitrogen and oxygen atoms in total. The molecule has 0 saturated carbocycles. The van der Waals surface area contributed by atoms with Crippen LogP contribution in [0.1, 0.15) is 12.5 Å². The molecule has 0 aliphatic heterocycles. The normalized spacial score (nSPS) is 10.9.